The lowest BCUT2D eigenvalue weighted by Crippen LogP contribution is -2.27. The molecule has 2 atom stereocenters. The van der Waals surface area contributed by atoms with Gasteiger partial charge in [-0.05, 0) is 81.9 Å². The van der Waals surface area contributed by atoms with Crippen molar-refractivity contribution in [3.8, 4) is 90.5 Å². The van der Waals surface area contributed by atoms with Crippen molar-refractivity contribution in [2.75, 3.05) is 0 Å². The van der Waals surface area contributed by atoms with Crippen molar-refractivity contribution >= 4 is 21.9 Å². The van der Waals surface area contributed by atoms with Gasteiger partial charge in [-0.1, -0.05) is 194 Å². The van der Waals surface area contributed by atoms with E-state index in [4.69, 9.17) is 28.8 Å². The van der Waals surface area contributed by atoms with Gasteiger partial charge >= 0.3 is 0 Å². The van der Waals surface area contributed by atoms with E-state index in [1.807, 2.05) is 48.5 Å². The lowest BCUT2D eigenvalue weighted by molar-refractivity contribution is 0.631. The van der Waals surface area contributed by atoms with Crippen LogP contribution in [0.1, 0.15) is 45.2 Å². The van der Waals surface area contributed by atoms with Gasteiger partial charge in [-0.3, -0.25) is 0 Å². The zero-order chi connectivity index (χ0) is 48.7. The number of hydrogen-bond acceptors (Lipinski definition) is 6. The van der Waals surface area contributed by atoms with Crippen LogP contribution in [0, 0.1) is 0 Å². The summed E-state index contributed by atoms with van der Waals surface area (Å²) in [7, 11) is 0. The van der Waals surface area contributed by atoms with E-state index < -0.39 is 0 Å². The van der Waals surface area contributed by atoms with Gasteiger partial charge in [-0.2, -0.15) is 0 Å². The van der Waals surface area contributed by atoms with Gasteiger partial charge in [-0.25, -0.2) is 19.9 Å². The Morgan fingerprint density at radius 1 is 0.257 bits per heavy atom. The van der Waals surface area contributed by atoms with E-state index in [1.54, 1.807) is 0 Å². The van der Waals surface area contributed by atoms with Gasteiger partial charge in [0.05, 0.1) is 22.8 Å². The first kappa shape index (κ1) is 42.0. The minimum absolute atomic E-state index is 0.00334. The Labute approximate surface area is 427 Å². The molecular weight excluding hydrogens is 905 g/mol. The summed E-state index contributed by atoms with van der Waals surface area (Å²) in [5.41, 5.74) is 20.7. The van der Waals surface area contributed by atoms with Crippen LogP contribution in [0.2, 0.25) is 0 Å². The fraction of sp³-hybridized carbons (Fsp3) is 0.0294. The first-order chi connectivity index (χ1) is 36.6. The van der Waals surface area contributed by atoms with Crippen molar-refractivity contribution in [2.45, 2.75) is 11.8 Å². The molecule has 3 aliphatic carbocycles. The van der Waals surface area contributed by atoms with Gasteiger partial charge in [0, 0.05) is 67.1 Å². The number of hydrogen-bond donors (Lipinski definition) is 0. The number of benzene rings is 9. The molecule has 3 aliphatic rings. The fourth-order valence-corrected chi connectivity index (χ4v) is 11.5. The molecule has 0 aliphatic heterocycles. The summed E-state index contributed by atoms with van der Waals surface area (Å²) < 4.78 is 12.9. The standard InChI is InChI=1S/C68H42N4O2/c1-3-17-41(18-4-1)57-39-59(47-23-9-11-25-49(47)63-37-43-21-7-15-29-61(43)73-63)71-67(69-57)45-31-33-53-55(35-45)65-51-27-13-14-28-52(51)66(53)56-36-46(32-34-54(56)65)68-70-58(42-19-5-2-6-20-42)40-60(72-68)48-24-10-12-26-50(48)64-38-44-22-8-16-30-62(44)74-64/h1-40,65-66H. The van der Waals surface area contributed by atoms with Crippen molar-refractivity contribution in [1.82, 2.24) is 19.9 Å². The molecule has 346 valence electrons. The third kappa shape index (κ3) is 6.95. The number of fused-ring (bicyclic) bond motifs is 2. The van der Waals surface area contributed by atoms with Crippen LogP contribution >= 0.6 is 0 Å². The minimum Gasteiger partial charge on any atom is -0.456 e. The molecule has 4 heterocycles. The molecular formula is C68H42N4O2. The first-order valence-electron chi connectivity index (χ1n) is 25.1. The zero-order valence-electron chi connectivity index (χ0n) is 39.9. The largest absolute Gasteiger partial charge is 0.456 e. The Balaban J connectivity index is 0.854. The number of furan rings is 2. The van der Waals surface area contributed by atoms with E-state index in [0.717, 1.165) is 101 Å². The average Bonchev–Trinajstić information content (AvgIpc) is 4.16. The highest BCUT2D eigenvalue weighted by atomic mass is 16.3. The van der Waals surface area contributed by atoms with Gasteiger partial charge in [0.15, 0.2) is 11.6 Å². The van der Waals surface area contributed by atoms with Gasteiger partial charge in [0.1, 0.15) is 22.7 Å². The Hall–Kier alpha value is -9.78. The van der Waals surface area contributed by atoms with Crippen molar-refractivity contribution < 1.29 is 8.83 Å². The van der Waals surface area contributed by atoms with E-state index in [-0.39, 0.29) is 11.8 Å². The molecule has 0 radical (unpaired) electrons. The molecule has 2 unspecified atom stereocenters. The highest BCUT2D eigenvalue weighted by Gasteiger charge is 2.41. The van der Waals surface area contributed by atoms with Crippen LogP contribution < -0.4 is 0 Å². The van der Waals surface area contributed by atoms with Crippen molar-refractivity contribution in [1.29, 1.82) is 0 Å². The predicted octanol–water partition coefficient (Wildman–Crippen LogP) is 17.1. The topological polar surface area (TPSA) is 77.8 Å². The molecule has 74 heavy (non-hydrogen) atoms. The molecule has 0 N–H and O–H groups in total. The quantitative estimate of drug-likeness (QED) is 0.151. The minimum atomic E-state index is 0.00334. The summed E-state index contributed by atoms with van der Waals surface area (Å²) >= 11 is 0. The summed E-state index contributed by atoms with van der Waals surface area (Å²) in [5, 5.41) is 2.12. The molecule has 0 saturated carbocycles. The second kappa shape index (κ2) is 16.9. The maximum absolute atomic E-state index is 6.45. The van der Waals surface area contributed by atoms with Crippen LogP contribution in [-0.4, -0.2) is 19.9 Å². The lowest BCUT2D eigenvalue weighted by atomic mass is 9.61. The van der Waals surface area contributed by atoms with Crippen LogP contribution in [0.25, 0.3) is 112 Å². The summed E-state index contributed by atoms with van der Waals surface area (Å²) in [6.07, 6.45) is 0. The summed E-state index contributed by atoms with van der Waals surface area (Å²) in [6.45, 7) is 0. The molecule has 4 aromatic heterocycles. The van der Waals surface area contributed by atoms with Gasteiger partial charge < -0.3 is 8.83 Å². The molecule has 0 saturated heterocycles. The lowest BCUT2D eigenvalue weighted by Gasteiger charge is -2.42. The molecule has 0 fully saturated rings. The van der Waals surface area contributed by atoms with E-state index in [0.29, 0.717) is 11.6 Å². The van der Waals surface area contributed by atoms with E-state index >= 15 is 0 Å². The second-order valence-electron chi connectivity index (χ2n) is 19.2. The van der Waals surface area contributed by atoms with E-state index in [1.165, 1.54) is 33.4 Å². The van der Waals surface area contributed by atoms with Crippen molar-refractivity contribution in [3.63, 3.8) is 0 Å². The van der Waals surface area contributed by atoms with Gasteiger partial charge in [-0.15, -0.1) is 0 Å². The molecule has 0 amide bonds. The van der Waals surface area contributed by atoms with E-state index in [9.17, 15) is 0 Å². The Kier molecular flexibility index (Phi) is 9.60. The van der Waals surface area contributed by atoms with Gasteiger partial charge in [0.2, 0.25) is 0 Å². The first-order valence-corrected chi connectivity index (χ1v) is 25.1. The molecule has 0 spiro atoms. The van der Waals surface area contributed by atoms with Crippen LogP contribution in [-0.2, 0) is 0 Å². The van der Waals surface area contributed by atoms with Gasteiger partial charge in [0.25, 0.3) is 0 Å². The maximum atomic E-state index is 6.45. The SMILES string of the molecule is c1ccc(-c2cc(-c3ccccc3-c3cc4ccccc4o3)nc(-c3ccc4c(c3)C3c5ccccc5C4c4cc(-c5nc(-c6ccccc6)cc(-c6ccccc6-c6cc7ccccc7o6)n5)ccc43)n2)cc1. The molecule has 6 nitrogen and oxygen atoms in total. The summed E-state index contributed by atoms with van der Waals surface area (Å²) in [4.78, 5) is 21.4. The van der Waals surface area contributed by atoms with Crippen molar-refractivity contribution in [2.24, 2.45) is 0 Å². The highest BCUT2D eigenvalue weighted by molar-refractivity contribution is 5.90. The Bertz CT molecular complexity index is 4000. The number of nitrogens with zero attached hydrogens (tertiary/aromatic N) is 4. The van der Waals surface area contributed by atoms with Crippen LogP contribution in [0.3, 0.4) is 0 Å². The van der Waals surface area contributed by atoms with Crippen molar-refractivity contribution in [3.05, 3.63) is 276 Å². The number of para-hydroxylation sites is 2. The van der Waals surface area contributed by atoms with Crippen LogP contribution in [0.15, 0.2) is 251 Å². The smallest absolute Gasteiger partial charge is 0.160 e. The average molecular weight is 947 g/mol. The second-order valence-corrected chi connectivity index (χ2v) is 19.2. The Morgan fingerprint density at radius 2 is 0.622 bits per heavy atom. The highest BCUT2D eigenvalue weighted by Crippen LogP contribution is 2.57. The normalized spacial score (nSPS) is 14.2. The summed E-state index contributed by atoms with van der Waals surface area (Å²) in [6, 6.07) is 84.9. The van der Waals surface area contributed by atoms with Crippen LogP contribution in [0.5, 0.6) is 0 Å². The molecule has 2 bridgehead atoms. The predicted molar refractivity (Wildman–Crippen MR) is 295 cm³/mol. The Morgan fingerprint density at radius 3 is 1.07 bits per heavy atom. The molecule has 9 aromatic carbocycles. The van der Waals surface area contributed by atoms with E-state index in [2.05, 4.69) is 194 Å². The monoisotopic (exact) mass is 946 g/mol. The maximum Gasteiger partial charge on any atom is 0.160 e. The zero-order valence-corrected chi connectivity index (χ0v) is 39.9. The molecule has 13 aromatic rings. The summed E-state index contributed by atoms with van der Waals surface area (Å²) in [5.74, 6) is 2.94. The fourth-order valence-electron chi connectivity index (χ4n) is 11.5. The molecule has 16 rings (SSSR count). The number of aromatic nitrogens is 4. The van der Waals surface area contributed by atoms with Crippen LogP contribution in [0.4, 0.5) is 0 Å². The third-order valence-corrected chi connectivity index (χ3v) is 14.9. The number of rotatable bonds is 8. The third-order valence-electron chi connectivity index (χ3n) is 14.9. The molecule has 6 heteroatoms.